The minimum absolute atomic E-state index is 0. The maximum absolute atomic E-state index is 8.88. The Hall–Kier alpha value is 2.21. The van der Waals surface area contributed by atoms with Crippen LogP contribution in [0, 0.1) is 0 Å². The summed E-state index contributed by atoms with van der Waals surface area (Å²) in [5, 5.41) is 0. The molecule has 0 unspecified atom stereocenters. The van der Waals surface area contributed by atoms with Crippen LogP contribution in [0.3, 0.4) is 0 Å². The van der Waals surface area contributed by atoms with Crippen molar-refractivity contribution >= 4 is 45.6 Å². The van der Waals surface area contributed by atoms with Gasteiger partial charge in [-0.15, -0.1) is 0 Å². The van der Waals surface area contributed by atoms with E-state index in [-0.39, 0.29) is 69.4 Å². The van der Waals surface area contributed by atoms with E-state index < -0.39 is 7.82 Å². The van der Waals surface area contributed by atoms with Crippen molar-refractivity contribution in [3.05, 3.63) is 0 Å². The normalized spacial score (nSPS) is 7.38. The molecule has 48 valence electrons. The second-order valence-corrected chi connectivity index (χ2v) is 1.54. The molecule has 8 heteroatoms. The summed E-state index contributed by atoms with van der Waals surface area (Å²) in [5.41, 5.74) is 0. The third-order valence-corrected chi connectivity index (χ3v) is 0. The molecule has 0 bridgehead atoms. The molecule has 0 aromatic carbocycles. The Morgan fingerprint density at radius 1 is 1.12 bits per heavy atom. The van der Waals surface area contributed by atoms with Gasteiger partial charge in [0, 0.05) is 26.2 Å². The quantitative estimate of drug-likeness (QED) is 0.321. The van der Waals surface area contributed by atoms with Crippen LogP contribution >= 0.6 is 7.82 Å². The zero-order valence-corrected chi connectivity index (χ0v) is 6.55. The van der Waals surface area contributed by atoms with Crippen molar-refractivity contribution in [1.29, 1.82) is 0 Å². The molecular weight excluding hydrogens is 242 g/mol. The van der Waals surface area contributed by atoms with Crippen molar-refractivity contribution in [3.8, 4) is 0 Å². The van der Waals surface area contributed by atoms with Gasteiger partial charge in [0.1, 0.15) is 0 Å². The van der Waals surface area contributed by atoms with Gasteiger partial charge in [-0.25, -0.2) is 4.57 Å². The van der Waals surface area contributed by atoms with Gasteiger partial charge in [-0.3, -0.25) is 0 Å². The molecule has 0 heterocycles. The summed E-state index contributed by atoms with van der Waals surface area (Å²) in [5.74, 6) is 0. The number of phosphoric acid groups is 1. The van der Waals surface area contributed by atoms with Crippen LogP contribution in [-0.4, -0.2) is 57.9 Å². The zero-order valence-electron chi connectivity index (χ0n) is 3.20. The van der Waals surface area contributed by atoms with Gasteiger partial charge in [-0.1, -0.05) is 0 Å². The number of hydrogen-bond donors (Lipinski definition) is 3. The Morgan fingerprint density at radius 3 is 1.12 bits per heavy atom. The van der Waals surface area contributed by atoms with Crippen molar-refractivity contribution in [2.24, 2.45) is 0 Å². The topological polar surface area (TPSA) is 109 Å². The standard InChI is InChI=1S/Ca.H3O4P.H2O.Zr.2H/c;1-5(2,3)4;;;;/h;(H3,1,2,3,4);1H2;;;. The second kappa shape index (κ2) is 9.21. The maximum atomic E-state index is 8.88. The van der Waals surface area contributed by atoms with Crippen LogP contribution in [0.5, 0.6) is 0 Å². The predicted molar refractivity (Wildman–Crippen MR) is 26.4 cm³/mol. The van der Waals surface area contributed by atoms with Crippen molar-refractivity contribution in [2.75, 3.05) is 0 Å². The van der Waals surface area contributed by atoms with Crippen LogP contribution in [0.4, 0.5) is 0 Å². The van der Waals surface area contributed by atoms with Gasteiger partial charge in [-0.05, 0) is 0 Å². The summed E-state index contributed by atoms with van der Waals surface area (Å²) in [4.78, 5) is 21.6. The fourth-order valence-electron chi connectivity index (χ4n) is 0. The number of rotatable bonds is 0. The fourth-order valence-corrected chi connectivity index (χ4v) is 0. The van der Waals surface area contributed by atoms with E-state index in [0.29, 0.717) is 0 Å². The van der Waals surface area contributed by atoms with E-state index >= 15 is 0 Å². The second-order valence-electron chi connectivity index (χ2n) is 0.513. The first-order chi connectivity index (χ1) is 2.00. The van der Waals surface area contributed by atoms with Gasteiger partial charge < -0.3 is 20.2 Å². The van der Waals surface area contributed by atoms with E-state index in [1.54, 1.807) is 0 Å². The van der Waals surface area contributed by atoms with Crippen LogP contribution in [-0.2, 0) is 30.8 Å². The molecule has 0 amide bonds. The summed E-state index contributed by atoms with van der Waals surface area (Å²) < 4.78 is 8.88. The summed E-state index contributed by atoms with van der Waals surface area (Å²) in [7, 11) is -4.64. The summed E-state index contributed by atoms with van der Waals surface area (Å²) in [6.45, 7) is 0. The third-order valence-electron chi connectivity index (χ3n) is 0. The average Bonchev–Trinajstić information content (AvgIpc) is 0.722. The third kappa shape index (κ3) is 87.3. The van der Waals surface area contributed by atoms with Gasteiger partial charge in [-0.2, -0.15) is 0 Å². The largest absolute Gasteiger partial charge is 0 e. The minimum atomic E-state index is -4.64. The molecule has 0 aliphatic heterocycles. The van der Waals surface area contributed by atoms with Gasteiger partial charge >= 0.3 is 45.6 Å². The molecule has 0 saturated carbocycles. The Bertz CT molecular complexity index is 58.6. The van der Waals surface area contributed by atoms with Crippen LogP contribution in [0.2, 0.25) is 0 Å². The predicted octanol–water partition coefficient (Wildman–Crippen LogP) is -2.67. The molecule has 0 spiro atoms. The first-order valence-corrected chi connectivity index (χ1v) is 2.35. The molecule has 0 aliphatic carbocycles. The smallest absolute Gasteiger partial charge is 0 e. The molecule has 0 radical (unpaired) electrons. The van der Waals surface area contributed by atoms with E-state index in [0.717, 1.165) is 0 Å². The van der Waals surface area contributed by atoms with E-state index in [1.165, 1.54) is 0 Å². The Morgan fingerprint density at radius 2 is 1.12 bits per heavy atom. The van der Waals surface area contributed by atoms with Crippen LogP contribution in [0.15, 0.2) is 0 Å². The summed E-state index contributed by atoms with van der Waals surface area (Å²) >= 11 is 0. The zero-order chi connectivity index (χ0) is 4.50. The monoisotopic (exact) mass is 248 g/mol. The Balaban J connectivity index is -0.0000000267. The molecule has 5 nitrogen and oxygen atoms in total. The van der Waals surface area contributed by atoms with Crippen molar-refractivity contribution in [2.45, 2.75) is 0 Å². The molecule has 8 heavy (non-hydrogen) atoms. The molecule has 0 saturated heterocycles. The van der Waals surface area contributed by atoms with E-state index in [2.05, 4.69) is 0 Å². The first-order valence-electron chi connectivity index (χ1n) is 0.783. The Kier molecular flexibility index (Phi) is 25.9. The van der Waals surface area contributed by atoms with Crippen molar-refractivity contribution in [1.82, 2.24) is 0 Å². The maximum Gasteiger partial charge on any atom is 0 e. The first kappa shape index (κ1) is 22.5. The van der Waals surface area contributed by atoms with Crippen molar-refractivity contribution in [3.63, 3.8) is 0 Å². The SMILES string of the molecule is O.O=P(O)(O)O.[CaH2].[Zr]. The van der Waals surface area contributed by atoms with Crippen LogP contribution in [0.1, 0.15) is 0 Å². The molecule has 0 atom stereocenters. The van der Waals surface area contributed by atoms with E-state index in [4.69, 9.17) is 19.2 Å². The molecule has 0 aromatic heterocycles. The molecule has 0 aliphatic rings. The molecule has 0 fully saturated rings. The summed E-state index contributed by atoms with van der Waals surface area (Å²) in [6, 6.07) is 0. The molecule has 5 N–H and O–H groups in total. The number of hydrogen-bond acceptors (Lipinski definition) is 1. The van der Waals surface area contributed by atoms with Crippen molar-refractivity contribution < 1.29 is 50.9 Å². The average molecular weight is 249 g/mol. The Labute approximate surface area is 95.2 Å². The molecular formula is H7CaO5PZr. The molecule has 0 aromatic rings. The van der Waals surface area contributed by atoms with Gasteiger partial charge in [0.2, 0.25) is 0 Å². The van der Waals surface area contributed by atoms with Gasteiger partial charge in [0.05, 0.1) is 0 Å². The van der Waals surface area contributed by atoms with Crippen LogP contribution in [0.25, 0.3) is 0 Å². The minimum Gasteiger partial charge on any atom is 0 e. The summed E-state index contributed by atoms with van der Waals surface area (Å²) in [6.07, 6.45) is 0. The van der Waals surface area contributed by atoms with Gasteiger partial charge in [0.15, 0.2) is 0 Å². The van der Waals surface area contributed by atoms with Gasteiger partial charge in [0.25, 0.3) is 0 Å². The van der Waals surface area contributed by atoms with E-state index in [9.17, 15) is 0 Å². The van der Waals surface area contributed by atoms with E-state index in [1.807, 2.05) is 0 Å². The fraction of sp³-hybridized carbons (Fsp3) is 0. The van der Waals surface area contributed by atoms with Crippen LogP contribution < -0.4 is 0 Å². The molecule has 0 rings (SSSR count).